The smallest absolute Gasteiger partial charge is 0.291 e. The number of hydrogen-bond donors (Lipinski definition) is 1. The molecule has 1 amide bonds. The zero-order valence-electron chi connectivity index (χ0n) is 9.98. The zero-order valence-corrected chi connectivity index (χ0v) is 10.7. The Morgan fingerprint density at radius 1 is 1.37 bits per heavy atom. The van der Waals surface area contributed by atoms with Gasteiger partial charge in [0.05, 0.1) is 7.11 Å². The normalized spacial score (nSPS) is 10.0. The van der Waals surface area contributed by atoms with Crippen molar-refractivity contribution in [2.24, 2.45) is 0 Å². The van der Waals surface area contributed by atoms with E-state index in [1.165, 1.54) is 7.11 Å². The Balaban J connectivity index is 2.21. The predicted molar refractivity (Wildman–Crippen MR) is 70.9 cm³/mol. The lowest BCUT2D eigenvalue weighted by Crippen LogP contribution is -2.15. The molecule has 5 nitrogen and oxygen atoms in total. The van der Waals surface area contributed by atoms with Crippen LogP contribution in [0.1, 0.15) is 10.6 Å². The Morgan fingerprint density at radius 2 is 2.16 bits per heavy atom. The molecule has 6 heteroatoms. The first-order chi connectivity index (χ1) is 9.10. The predicted octanol–water partition coefficient (Wildman–Crippen LogP) is 2.55. The van der Waals surface area contributed by atoms with Gasteiger partial charge in [0.25, 0.3) is 5.91 Å². The molecule has 1 aromatic heterocycles. The van der Waals surface area contributed by atoms with E-state index in [4.69, 9.17) is 20.8 Å². The molecule has 19 heavy (non-hydrogen) atoms. The van der Waals surface area contributed by atoms with Gasteiger partial charge in [-0.15, -0.1) is 0 Å². The van der Waals surface area contributed by atoms with Gasteiger partial charge in [0, 0.05) is 16.8 Å². The Bertz CT molecular complexity index is 666. The van der Waals surface area contributed by atoms with Crippen LogP contribution in [-0.4, -0.2) is 13.0 Å². The van der Waals surface area contributed by atoms with Crippen molar-refractivity contribution in [3.63, 3.8) is 0 Å². The van der Waals surface area contributed by atoms with Gasteiger partial charge in [-0.1, -0.05) is 17.7 Å². The zero-order chi connectivity index (χ0) is 13.8. The number of rotatable bonds is 3. The van der Waals surface area contributed by atoms with Crippen molar-refractivity contribution < 1.29 is 13.9 Å². The molecule has 1 N–H and O–H groups in total. The highest BCUT2D eigenvalue weighted by Gasteiger charge is 2.12. The van der Waals surface area contributed by atoms with Gasteiger partial charge < -0.3 is 14.5 Å². The summed E-state index contributed by atoms with van der Waals surface area (Å²) in [6, 6.07) is 7.71. The van der Waals surface area contributed by atoms with Gasteiger partial charge in [0.1, 0.15) is 6.26 Å². The molecule has 0 saturated heterocycles. The fraction of sp³-hybridized carbons (Fsp3) is 0.0769. The fourth-order valence-electron chi connectivity index (χ4n) is 1.43. The van der Waals surface area contributed by atoms with Gasteiger partial charge >= 0.3 is 0 Å². The molecule has 0 aliphatic carbocycles. The van der Waals surface area contributed by atoms with E-state index >= 15 is 0 Å². The van der Waals surface area contributed by atoms with Crippen LogP contribution in [0.5, 0.6) is 5.75 Å². The second-order valence-corrected chi connectivity index (χ2v) is 4.08. The molecule has 0 bridgehead atoms. The van der Waals surface area contributed by atoms with Crippen LogP contribution in [0.15, 0.2) is 45.8 Å². The Hall–Kier alpha value is -2.27. The van der Waals surface area contributed by atoms with Gasteiger partial charge in [-0.3, -0.25) is 9.59 Å². The Kier molecular flexibility index (Phi) is 3.87. The fourth-order valence-corrected chi connectivity index (χ4v) is 1.62. The maximum absolute atomic E-state index is 11.8. The topological polar surface area (TPSA) is 68.5 Å². The second kappa shape index (κ2) is 5.58. The van der Waals surface area contributed by atoms with Crippen molar-refractivity contribution in [1.29, 1.82) is 0 Å². The summed E-state index contributed by atoms with van der Waals surface area (Å²) in [7, 11) is 1.35. The van der Waals surface area contributed by atoms with Crippen LogP contribution in [0, 0.1) is 0 Å². The van der Waals surface area contributed by atoms with E-state index in [9.17, 15) is 9.59 Å². The van der Waals surface area contributed by atoms with Crippen LogP contribution >= 0.6 is 11.6 Å². The highest BCUT2D eigenvalue weighted by Crippen LogP contribution is 2.16. The van der Waals surface area contributed by atoms with E-state index in [-0.39, 0.29) is 11.5 Å². The minimum Gasteiger partial charge on any atom is -0.490 e. The largest absolute Gasteiger partial charge is 0.490 e. The standard InChI is InChI=1S/C13H10ClNO4/c1-18-12-7-19-11(6-10(12)16)13(17)15-9-4-2-3-8(14)5-9/h2-7H,1H3,(H,15,17). The number of ether oxygens (including phenoxy) is 1. The number of carbonyl (C=O) groups excluding carboxylic acids is 1. The Labute approximate surface area is 113 Å². The third-order valence-electron chi connectivity index (χ3n) is 2.32. The summed E-state index contributed by atoms with van der Waals surface area (Å²) < 4.78 is 9.78. The van der Waals surface area contributed by atoms with Crippen molar-refractivity contribution in [3.8, 4) is 5.75 Å². The van der Waals surface area contributed by atoms with Crippen LogP contribution in [0.3, 0.4) is 0 Å². The lowest BCUT2D eigenvalue weighted by Gasteiger charge is -2.05. The Morgan fingerprint density at radius 3 is 2.79 bits per heavy atom. The van der Waals surface area contributed by atoms with Crippen molar-refractivity contribution >= 4 is 23.2 Å². The first kappa shape index (κ1) is 13.2. The summed E-state index contributed by atoms with van der Waals surface area (Å²) in [5, 5.41) is 3.06. The first-order valence-corrected chi connectivity index (χ1v) is 5.71. The van der Waals surface area contributed by atoms with E-state index < -0.39 is 11.3 Å². The van der Waals surface area contributed by atoms with Crippen LogP contribution in [0.2, 0.25) is 5.02 Å². The molecule has 98 valence electrons. The highest BCUT2D eigenvalue weighted by molar-refractivity contribution is 6.30. The van der Waals surface area contributed by atoms with Crippen molar-refractivity contribution in [3.05, 3.63) is 57.6 Å². The second-order valence-electron chi connectivity index (χ2n) is 3.64. The molecule has 0 spiro atoms. The monoisotopic (exact) mass is 279 g/mol. The van der Waals surface area contributed by atoms with Gasteiger partial charge in [-0.2, -0.15) is 0 Å². The number of nitrogens with one attached hydrogen (secondary N) is 1. The van der Waals surface area contributed by atoms with Gasteiger partial charge in [0.15, 0.2) is 5.76 Å². The summed E-state index contributed by atoms with van der Waals surface area (Å²) in [5.41, 5.74) is 0.0842. The third-order valence-corrected chi connectivity index (χ3v) is 2.56. The maximum Gasteiger partial charge on any atom is 0.291 e. The molecule has 0 unspecified atom stereocenters. The summed E-state index contributed by atoms with van der Waals surface area (Å²) >= 11 is 5.80. The molecule has 0 aliphatic heterocycles. The number of carbonyl (C=O) groups is 1. The SMILES string of the molecule is COc1coc(C(=O)Nc2cccc(Cl)c2)cc1=O. The molecule has 0 aliphatic rings. The number of halogens is 1. The maximum atomic E-state index is 11.8. The van der Waals surface area contributed by atoms with Crippen LogP contribution in [0.25, 0.3) is 0 Å². The van der Waals surface area contributed by atoms with E-state index in [1.807, 2.05) is 0 Å². The molecule has 2 rings (SSSR count). The molecule has 2 aromatic rings. The number of hydrogen-bond acceptors (Lipinski definition) is 4. The lowest BCUT2D eigenvalue weighted by molar-refractivity contribution is 0.0993. The number of benzene rings is 1. The summed E-state index contributed by atoms with van der Waals surface area (Å²) in [4.78, 5) is 23.3. The number of anilines is 1. The van der Waals surface area contributed by atoms with Crippen LogP contribution in [0.4, 0.5) is 5.69 Å². The number of methoxy groups -OCH3 is 1. The van der Waals surface area contributed by atoms with Crippen LogP contribution in [-0.2, 0) is 0 Å². The minimum absolute atomic E-state index is 0.0410. The quantitative estimate of drug-likeness (QED) is 0.937. The van der Waals surface area contributed by atoms with E-state index in [0.29, 0.717) is 10.7 Å². The van der Waals surface area contributed by atoms with Gasteiger partial charge in [-0.05, 0) is 18.2 Å². The molecular formula is C13H10ClNO4. The molecule has 0 fully saturated rings. The first-order valence-electron chi connectivity index (χ1n) is 5.34. The summed E-state index contributed by atoms with van der Waals surface area (Å²) in [6.07, 6.45) is 1.09. The van der Waals surface area contributed by atoms with E-state index in [1.54, 1.807) is 24.3 Å². The van der Waals surface area contributed by atoms with Crippen molar-refractivity contribution in [2.45, 2.75) is 0 Å². The average molecular weight is 280 g/mol. The lowest BCUT2D eigenvalue weighted by atomic mass is 10.3. The van der Waals surface area contributed by atoms with Gasteiger partial charge in [-0.25, -0.2) is 0 Å². The molecule has 1 aromatic carbocycles. The summed E-state index contributed by atoms with van der Waals surface area (Å²) in [5.74, 6) is -0.605. The molecule has 0 atom stereocenters. The van der Waals surface area contributed by atoms with Crippen molar-refractivity contribution in [2.75, 3.05) is 12.4 Å². The average Bonchev–Trinajstić information content (AvgIpc) is 2.38. The molecule has 0 radical (unpaired) electrons. The third kappa shape index (κ3) is 3.14. The van der Waals surface area contributed by atoms with Crippen molar-refractivity contribution in [1.82, 2.24) is 0 Å². The van der Waals surface area contributed by atoms with Gasteiger partial charge in [0.2, 0.25) is 11.2 Å². The highest BCUT2D eigenvalue weighted by atomic mass is 35.5. The molecule has 0 saturated carbocycles. The molecule has 1 heterocycles. The molecular weight excluding hydrogens is 270 g/mol. The minimum atomic E-state index is -0.540. The van der Waals surface area contributed by atoms with Crippen LogP contribution < -0.4 is 15.5 Å². The number of amides is 1. The van der Waals surface area contributed by atoms with E-state index in [2.05, 4.69) is 5.32 Å². The summed E-state index contributed by atoms with van der Waals surface area (Å²) in [6.45, 7) is 0. The van der Waals surface area contributed by atoms with E-state index in [0.717, 1.165) is 12.3 Å².